The van der Waals surface area contributed by atoms with Crippen LogP contribution in [-0.4, -0.2) is 26.2 Å². The van der Waals surface area contributed by atoms with E-state index in [1.54, 1.807) is 22.3 Å². The van der Waals surface area contributed by atoms with Crippen LogP contribution in [0.1, 0.15) is 0 Å². The van der Waals surface area contributed by atoms with Gasteiger partial charge in [0.2, 0.25) is 4.77 Å². The fourth-order valence-electron chi connectivity index (χ4n) is 2.55. The summed E-state index contributed by atoms with van der Waals surface area (Å²) >= 11 is 7.10. The normalized spacial score (nSPS) is 11.5. The van der Waals surface area contributed by atoms with Crippen molar-refractivity contribution >= 4 is 39.4 Å². The highest BCUT2D eigenvalue weighted by Gasteiger charge is 2.14. The van der Waals surface area contributed by atoms with Crippen molar-refractivity contribution in [3.8, 4) is 11.1 Å². The zero-order valence-corrected chi connectivity index (χ0v) is 13.5. The van der Waals surface area contributed by atoms with Crippen molar-refractivity contribution in [1.29, 1.82) is 0 Å². The van der Waals surface area contributed by atoms with Crippen LogP contribution in [0.25, 0.3) is 27.0 Å². The van der Waals surface area contributed by atoms with Crippen LogP contribution in [-0.2, 0) is 6.67 Å². The number of nitrogens with zero attached hydrogens (tertiary/aromatic N) is 4. The lowest BCUT2D eigenvalue weighted by Crippen LogP contribution is -2.14. The summed E-state index contributed by atoms with van der Waals surface area (Å²) in [5, 5.41) is 10.9. The first-order chi connectivity index (χ1) is 10.8. The molecule has 0 amide bonds. The minimum Gasteiger partial charge on any atom is -0.301 e. The minimum absolute atomic E-state index is 0.576. The molecule has 110 valence electrons. The summed E-state index contributed by atoms with van der Waals surface area (Å²) < 4.78 is 4.29. The van der Waals surface area contributed by atoms with Gasteiger partial charge in [0.05, 0.1) is 12.1 Å². The molecule has 0 saturated heterocycles. The van der Waals surface area contributed by atoms with Crippen LogP contribution in [0.3, 0.4) is 0 Å². The molecule has 1 N–H and O–H groups in total. The molecule has 5 nitrogen and oxygen atoms in total. The van der Waals surface area contributed by atoms with Gasteiger partial charge in [0.15, 0.2) is 5.65 Å². The van der Waals surface area contributed by atoms with Crippen molar-refractivity contribution in [2.24, 2.45) is 0 Å². The fourth-order valence-corrected chi connectivity index (χ4v) is 3.70. The van der Waals surface area contributed by atoms with Crippen molar-refractivity contribution in [3.05, 3.63) is 46.8 Å². The number of hydrogen-bond donors (Lipinski definition) is 1. The first kappa shape index (κ1) is 13.6. The molecular weight excluding hydrogens is 314 g/mol. The van der Waals surface area contributed by atoms with Crippen molar-refractivity contribution < 1.29 is 0 Å². The minimum atomic E-state index is 0.576. The van der Waals surface area contributed by atoms with Crippen LogP contribution in [0.15, 0.2) is 42.0 Å². The van der Waals surface area contributed by atoms with Gasteiger partial charge in [-0.1, -0.05) is 30.3 Å². The van der Waals surface area contributed by atoms with Crippen molar-refractivity contribution in [2.75, 3.05) is 7.05 Å². The van der Waals surface area contributed by atoms with Crippen LogP contribution >= 0.6 is 23.6 Å². The quantitative estimate of drug-likeness (QED) is 0.586. The van der Waals surface area contributed by atoms with E-state index in [-0.39, 0.29) is 0 Å². The molecule has 3 heterocycles. The summed E-state index contributed by atoms with van der Waals surface area (Å²) in [6, 6.07) is 10.3. The Balaban J connectivity index is 2.08. The number of fused-ring (bicyclic) bond motifs is 3. The molecule has 4 aromatic rings. The van der Waals surface area contributed by atoms with Crippen molar-refractivity contribution in [1.82, 2.24) is 24.5 Å². The van der Waals surface area contributed by atoms with Gasteiger partial charge in [-0.25, -0.2) is 9.67 Å². The second-order valence-corrected chi connectivity index (χ2v) is 6.15. The maximum absolute atomic E-state index is 5.48. The van der Waals surface area contributed by atoms with Gasteiger partial charge < -0.3 is 5.32 Å². The van der Waals surface area contributed by atoms with Crippen LogP contribution < -0.4 is 5.32 Å². The summed E-state index contributed by atoms with van der Waals surface area (Å²) in [6.45, 7) is 0.576. The number of rotatable bonds is 3. The molecule has 0 spiro atoms. The van der Waals surface area contributed by atoms with E-state index in [1.165, 1.54) is 0 Å². The molecular formula is C15H13N5S2. The maximum atomic E-state index is 5.48. The summed E-state index contributed by atoms with van der Waals surface area (Å²) in [5.41, 5.74) is 3.17. The Labute approximate surface area is 135 Å². The fraction of sp³-hybridized carbons (Fsp3) is 0.133. The molecule has 4 rings (SSSR count). The summed E-state index contributed by atoms with van der Waals surface area (Å²) in [7, 11) is 1.87. The van der Waals surface area contributed by atoms with E-state index in [2.05, 4.69) is 32.9 Å². The number of nitrogens with one attached hydrogen (secondary N) is 1. The summed E-state index contributed by atoms with van der Waals surface area (Å²) in [6.07, 6.45) is 1.75. The Bertz CT molecular complexity index is 1010. The van der Waals surface area contributed by atoms with Gasteiger partial charge >= 0.3 is 0 Å². The van der Waals surface area contributed by atoms with E-state index >= 15 is 0 Å². The van der Waals surface area contributed by atoms with Crippen LogP contribution in [0, 0.1) is 4.77 Å². The maximum Gasteiger partial charge on any atom is 0.204 e. The van der Waals surface area contributed by atoms with E-state index in [9.17, 15) is 0 Å². The van der Waals surface area contributed by atoms with Gasteiger partial charge in [-0.2, -0.15) is 0 Å². The van der Waals surface area contributed by atoms with E-state index in [4.69, 9.17) is 12.2 Å². The third-order valence-corrected chi connectivity index (χ3v) is 4.84. The summed E-state index contributed by atoms with van der Waals surface area (Å²) in [4.78, 5) is 5.51. The second-order valence-electron chi connectivity index (χ2n) is 4.93. The van der Waals surface area contributed by atoms with E-state index < -0.39 is 0 Å². The third-order valence-electron chi connectivity index (χ3n) is 3.55. The monoisotopic (exact) mass is 327 g/mol. The predicted molar refractivity (Wildman–Crippen MR) is 91.7 cm³/mol. The Morgan fingerprint density at radius 1 is 1.27 bits per heavy atom. The highest BCUT2D eigenvalue weighted by atomic mass is 32.1. The third kappa shape index (κ3) is 1.98. The molecule has 0 fully saturated rings. The molecule has 0 aliphatic rings. The number of thiophene rings is 1. The lowest BCUT2D eigenvalue weighted by molar-refractivity contribution is 0.549. The molecule has 22 heavy (non-hydrogen) atoms. The molecule has 1 aromatic carbocycles. The van der Waals surface area contributed by atoms with E-state index in [1.807, 2.05) is 29.6 Å². The van der Waals surface area contributed by atoms with Crippen LogP contribution in [0.2, 0.25) is 0 Å². The van der Waals surface area contributed by atoms with E-state index in [0.29, 0.717) is 11.4 Å². The zero-order chi connectivity index (χ0) is 15.1. The average molecular weight is 327 g/mol. The van der Waals surface area contributed by atoms with Crippen LogP contribution in [0.4, 0.5) is 0 Å². The number of aromatic nitrogens is 4. The Hall–Kier alpha value is -2.09. The Morgan fingerprint density at radius 3 is 2.86 bits per heavy atom. The van der Waals surface area contributed by atoms with Gasteiger partial charge in [0, 0.05) is 10.9 Å². The molecule has 0 aliphatic carbocycles. The van der Waals surface area contributed by atoms with Gasteiger partial charge in [-0.15, -0.1) is 16.4 Å². The molecule has 0 aliphatic heterocycles. The first-order valence-corrected chi connectivity index (χ1v) is 8.14. The number of benzene rings is 1. The van der Waals surface area contributed by atoms with Gasteiger partial charge in [-0.05, 0) is 24.8 Å². The van der Waals surface area contributed by atoms with Crippen molar-refractivity contribution in [3.63, 3.8) is 0 Å². The van der Waals surface area contributed by atoms with Gasteiger partial charge in [0.1, 0.15) is 11.2 Å². The van der Waals surface area contributed by atoms with E-state index in [0.717, 1.165) is 27.0 Å². The highest BCUT2D eigenvalue weighted by molar-refractivity contribution is 7.71. The molecule has 7 heteroatoms. The topological polar surface area (TPSA) is 47.2 Å². The number of hydrogen-bond acceptors (Lipinski definition) is 5. The second kappa shape index (κ2) is 5.28. The zero-order valence-electron chi connectivity index (χ0n) is 11.9. The Morgan fingerprint density at radius 2 is 2.09 bits per heavy atom. The Kier molecular flexibility index (Phi) is 3.25. The van der Waals surface area contributed by atoms with Crippen molar-refractivity contribution in [2.45, 2.75) is 6.67 Å². The largest absolute Gasteiger partial charge is 0.301 e. The molecule has 3 aromatic heterocycles. The highest BCUT2D eigenvalue weighted by Crippen LogP contribution is 2.34. The SMILES string of the molecule is CNCn1nc2c3c(-c4ccccc4)csc3ncn2c1=S. The van der Waals surface area contributed by atoms with Gasteiger partial charge in [0.25, 0.3) is 0 Å². The molecule has 0 atom stereocenters. The standard InChI is InChI=1S/C15H13N5S2/c1-16-8-20-15(21)19-9-17-14-12(13(19)18-20)11(7-22-14)10-5-3-2-4-6-10/h2-7,9,16H,8H2,1H3. The average Bonchev–Trinajstić information content (AvgIpc) is 3.11. The molecule has 0 unspecified atom stereocenters. The lowest BCUT2D eigenvalue weighted by Gasteiger charge is -2.00. The van der Waals surface area contributed by atoms with Crippen LogP contribution in [0.5, 0.6) is 0 Å². The molecule has 0 bridgehead atoms. The van der Waals surface area contributed by atoms with Gasteiger partial charge in [-0.3, -0.25) is 4.40 Å². The smallest absolute Gasteiger partial charge is 0.204 e. The molecule has 0 radical (unpaired) electrons. The molecule has 0 saturated carbocycles. The first-order valence-electron chi connectivity index (χ1n) is 6.85. The predicted octanol–water partition coefficient (Wildman–Crippen LogP) is 3.32. The summed E-state index contributed by atoms with van der Waals surface area (Å²) in [5.74, 6) is 0. The lowest BCUT2D eigenvalue weighted by atomic mass is 10.1.